The summed E-state index contributed by atoms with van der Waals surface area (Å²) in [6.07, 6.45) is 4.26. The van der Waals surface area contributed by atoms with E-state index >= 15 is 0 Å². The van der Waals surface area contributed by atoms with Crippen LogP contribution in [0.2, 0.25) is 0 Å². The molecule has 0 radical (unpaired) electrons. The maximum Gasteiger partial charge on any atom is 0.274 e. The maximum absolute atomic E-state index is 12.5. The highest BCUT2D eigenvalue weighted by Gasteiger charge is 2.24. The van der Waals surface area contributed by atoms with Gasteiger partial charge in [-0.25, -0.2) is 0 Å². The fourth-order valence-corrected chi connectivity index (χ4v) is 3.68. The molecular weight excluding hydrogens is 280 g/mol. The molecule has 2 saturated heterocycles. The predicted molar refractivity (Wildman–Crippen MR) is 83.2 cm³/mol. The van der Waals surface area contributed by atoms with Crippen molar-refractivity contribution in [3.63, 3.8) is 0 Å². The van der Waals surface area contributed by atoms with E-state index in [0.29, 0.717) is 5.92 Å². The van der Waals surface area contributed by atoms with E-state index in [1.807, 2.05) is 13.1 Å². The lowest BCUT2D eigenvalue weighted by molar-refractivity contribution is 0.108. The number of rotatable bonds is 2. The third-order valence-electron chi connectivity index (χ3n) is 4.94. The Morgan fingerprint density at radius 1 is 1.27 bits per heavy atom. The van der Waals surface area contributed by atoms with Crippen molar-refractivity contribution >= 4 is 5.65 Å². The highest BCUT2D eigenvalue weighted by molar-refractivity contribution is 5.43. The van der Waals surface area contributed by atoms with Crippen LogP contribution in [0.5, 0.6) is 0 Å². The first-order valence-corrected chi connectivity index (χ1v) is 8.16. The summed E-state index contributed by atoms with van der Waals surface area (Å²) < 4.78 is 9.34. The third kappa shape index (κ3) is 2.27. The van der Waals surface area contributed by atoms with Crippen LogP contribution in [0.25, 0.3) is 5.65 Å². The minimum atomic E-state index is -0.0362. The number of fused-ring (bicyclic) bond motifs is 1. The molecule has 2 aliphatic rings. The van der Waals surface area contributed by atoms with Crippen LogP contribution in [-0.2, 0) is 11.8 Å². The fourth-order valence-electron chi connectivity index (χ4n) is 3.68. The van der Waals surface area contributed by atoms with Crippen molar-refractivity contribution in [2.75, 3.05) is 19.7 Å². The van der Waals surface area contributed by atoms with E-state index < -0.39 is 0 Å². The Balaban J connectivity index is 1.79. The molecule has 0 spiro atoms. The number of hydrogen-bond acceptors (Lipinski definition) is 4. The van der Waals surface area contributed by atoms with Crippen LogP contribution in [0.4, 0.5) is 0 Å². The summed E-state index contributed by atoms with van der Waals surface area (Å²) >= 11 is 0. The van der Waals surface area contributed by atoms with Crippen molar-refractivity contribution in [1.29, 1.82) is 0 Å². The molecule has 2 aromatic heterocycles. The van der Waals surface area contributed by atoms with Gasteiger partial charge < -0.3 is 14.6 Å². The van der Waals surface area contributed by atoms with E-state index in [4.69, 9.17) is 4.74 Å². The monoisotopic (exact) mass is 302 g/mol. The summed E-state index contributed by atoms with van der Waals surface area (Å²) in [5.41, 5.74) is 2.84. The van der Waals surface area contributed by atoms with Gasteiger partial charge >= 0.3 is 0 Å². The van der Waals surface area contributed by atoms with E-state index in [2.05, 4.69) is 15.0 Å². The highest BCUT2D eigenvalue weighted by Crippen LogP contribution is 2.29. The lowest BCUT2D eigenvalue weighted by Crippen LogP contribution is -2.29. The van der Waals surface area contributed by atoms with Crippen molar-refractivity contribution in [3.05, 3.63) is 33.9 Å². The summed E-state index contributed by atoms with van der Waals surface area (Å²) in [5.74, 6) is 0.449. The number of nitrogens with one attached hydrogen (secondary N) is 1. The summed E-state index contributed by atoms with van der Waals surface area (Å²) in [6, 6.07) is 3.78. The zero-order chi connectivity index (χ0) is 15.1. The van der Waals surface area contributed by atoms with Crippen LogP contribution < -0.4 is 10.9 Å². The predicted octanol–water partition coefficient (Wildman–Crippen LogP) is 1.35. The molecule has 0 aromatic carbocycles. The van der Waals surface area contributed by atoms with E-state index in [1.54, 1.807) is 6.07 Å². The molecule has 118 valence electrons. The second-order valence-electron chi connectivity index (χ2n) is 6.33. The van der Waals surface area contributed by atoms with Gasteiger partial charge in [-0.05, 0) is 38.8 Å². The van der Waals surface area contributed by atoms with Crippen LogP contribution in [0.15, 0.2) is 16.9 Å². The van der Waals surface area contributed by atoms with Gasteiger partial charge in [-0.15, -0.1) is 0 Å². The Kier molecular flexibility index (Phi) is 3.50. The maximum atomic E-state index is 12.5. The second-order valence-corrected chi connectivity index (χ2v) is 6.33. The third-order valence-corrected chi connectivity index (χ3v) is 4.94. The number of ether oxygens (including phenoxy) is 1. The average molecular weight is 302 g/mol. The molecule has 2 fully saturated rings. The van der Waals surface area contributed by atoms with E-state index in [-0.39, 0.29) is 11.7 Å². The van der Waals surface area contributed by atoms with Gasteiger partial charge in [0.1, 0.15) is 11.8 Å². The fraction of sp³-hybridized carbons (Fsp3) is 0.625. The molecule has 6 nitrogen and oxygen atoms in total. The average Bonchev–Trinajstić information content (AvgIpc) is 3.20. The number of hydrogen-bond donors (Lipinski definition) is 1. The molecular formula is C16H22N4O2. The van der Waals surface area contributed by atoms with E-state index in [1.165, 1.54) is 4.52 Å². The smallest absolute Gasteiger partial charge is 0.274 e. The van der Waals surface area contributed by atoms with Crippen molar-refractivity contribution in [2.45, 2.75) is 37.7 Å². The van der Waals surface area contributed by atoms with E-state index in [9.17, 15) is 4.79 Å². The van der Waals surface area contributed by atoms with Crippen molar-refractivity contribution in [1.82, 2.24) is 19.5 Å². The molecule has 0 bridgehead atoms. The normalized spacial score (nSPS) is 23.4. The summed E-state index contributed by atoms with van der Waals surface area (Å²) in [7, 11) is 2.03. The van der Waals surface area contributed by atoms with Crippen LogP contribution >= 0.6 is 0 Å². The lowest BCUT2D eigenvalue weighted by atomic mass is 9.94. The first-order chi connectivity index (χ1) is 10.7. The largest absolute Gasteiger partial charge is 0.372 e. The van der Waals surface area contributed by atoms with Gasteiger partial charge in [0.15, 0.2) is 0 Å². The van der Waals surface area contributed by atoms with Crippen molar-refractivity contribution in [3.8, 4) is 0 Å². The van der Waals surface area contributed by atoms with Gasteiger partial charge in [0.25, 0.3) is 5.56 Å². The topological polar surface area (TPSA) is 60.6 Å². The Bertz CT molecular complexity index is 736. The molecule has 22 heavy (non-hydrogen) atoms. The molecule has 6 heteroatoms. The minimum absolute atomic E-state index is 0.0362. The quantitative estimate of drug-likeness (QED) is 0.910. The van der Waals surface area contributed by atoms with Crippen LogP contribution in [0.1, 0.15) is 49.1 Å². The van der Waals surface area contributed by atoms with Gasteiger partial charge in [-0.3, -0.25) is 4.79 Å². The number of aryl methyl sites for hydroxylation is 1. The Morgan fingerprint density at radius 2 is 2.09 bits per heavy atom. The molecule has 1 unspecified atom stereocenters. The first kappa shape index (κ1) is 14.0. The van der Waals surface area contributed by atoms with E-state index in [0.717, 1.165) is 62.4 Å². The molecule has 4 rings (SSSR count). The number of piperidine rings is 1. The summed E-state index contributed by atoms with van der Waals surface area (Å²) in [6.45, 7) is 2.82. The van der Waals surface area contributed by atoms with Gasteiger partial charge in [0.05, 0.1) is 5.69 Å². The van der Waals surface area contributed by atoms with Crippen LogP contribution in [-0.4, -0.2) is 33.9 Å². The van der Waals surface area contributed by atoms with Gasteiger partial charge in [-0.2, -0.15) is 9.61 Å². The molecule has 1 N–H and O–H groups in total. The second kappa shape index (κ2) is 5.52. The number of nitrogens with zero attached hydrogens (tertiary/aromatic N) is 3. The standard InChI is InChI=1S/C16H22N4O2/c1-19-13(11-4-6-17-7-5-11)10-16(21)20-15(19)9-12(18-20)14-3-2-8-22-14/h9-11,14,17H,2-8H2,1H3. The summed E-state index contributed by atoms with van der Waals surface area (Å²) in [4.78, 5) is 12.5. The van der Waals surface area contributed by atoms with Gasteiger partial charge in [0, 0.05) is 37.4 Å². The number of aromatic nitrogens is 3. The van der Waals surface area contributed by atoms with Crippen LogP contribution in [0, 0.1) is 0 Å². The molecule has 2 aromatic rings. The van der Waals surface area contributed by atoms with Gasteiger partial charge in [-0.1, -0.05) is 0 Å². The Morgan fingerprint density at radius 3 is 2.82 bits per heavy atom. The molecule has 1 atom stereocenters. The first-order valence-electron chi connectivity index (χ1n) is 8.16. The molecule has 0 saturated carbocycles. The van der Waals surface area contributed by atoms with Crippen molar-refractivity contribution < 1.29 is 4.74 Å². The van der Waals surface area contributed by atoms with Crippen molar-refractivity contribution in [2.24, 2.45) is 7.05 Å². The molecule has 0 aliphatic carbocycles. The minimum Gasteiger partial charge on any atom is -0.372 e. The van der Waals surface area contributed by atoms with Crippen LogP contribution in [0.3, 0.4) is 0 Å². The Hall–Kier alpha value is -1.66. The zero-order valence-electron chi connectivity index (χ0n) is 12.9. The molecule has 4 heterocycles. The Labute approximate surface area is 129 Å². The molecule has 0 amide bonds. The molecule has 2 aliphatic heterocycles. The highest BCUT2D eigenvalue weighted by atomic mass is 16.5. The van der Waals surface area contributed by atoms with Gasteiger partial charge in [0.2, 0.25) is 0 Å². The summed E-state index contributed by atoms with van der Waals surface area (Å²) in [5, 5.41) is 7.86. The SMILES string of the molecule is Cn1c(C2CCNCC2)cc(=O)n2nc(C3CCCO3)cc12. The lowest BCUT2D eigenvalue weighted by Gasteiger charge is -2.25. The zero-order valence-corrected chi connectivity index (χ0v) is 12.9.